The van der Waals surface area contributed by atoms with E-state index in [1.807, 2.05) is 0 Å². The van der Waals surface area contributed by atoms with Crippen molar-refractivity contribution in [1.82, 2.24) is 5.32 Å². The first-order valence-electron chi connectivity index (χ1n) is 11.8. The minimum absolute atomic E-state index is 0.0216. The Kier molecular flexibility index (Phi) is 11.1. The third-order valence-corrected chi connectivity index (χ3v) is 5.78. The van der Waals surface area contributed by atoms with Crippen LogP contribution in [0.15, 0.2) is 18.2 Å². The molecular weight excluding hydrogens is 514 g/mol. The number of rotatable bonds is 13. The van der Waals surface area contributed by atoms with E-state index in [1.54, 1.807) is 0 Å². The number of hydrogen-bond acceptors (Lipinski definition) is 9. The van der Waals surface area contributed by atoms with Crippen LogP contribution in [0.1, 0.15) is 57.9 Å². The molecule has 5 atom stereocenters. The Balaban J connectivity index is 2.34. The van der Waals surface area contributed by atoms with Crippen LogP contribution in [-0.2, 0) is 23.9 Å². The number of alkyl halides is 2. The van der Waals surface area contributed by atoms with Gasteiger partial charge in [0.15, 0.2) is 0 Å². The Morgan fingerprint density at radius 2 is 1.89 bits per heavy atom. The van der Waals surface area contributed by atoms with Gasteiger partial charge >= 0.3 is 11.8 Å². The minimum Gasteiger partial charge on any atom is -0.476 e. The summed E-state index contributed by atoms with van der Waals surface area (Å²) in [4.78, 5) is 47.0. The molecule has 2 unspecified atom stereocenters. The molecular formula is C24H32F2N2O10. The largest absolute Gasteiger partial charge is 0.476 e. The standard InChI is InChI=1S/C24H32F2N2O10/c1-12(30)4-3-5-20(34)28-14-6-7-18(16(8-14)22(25)26)37-24(23(35)36)10-17(33)21(27-13(2)31)19(38-24)9-15(32)11-29/h6-8,15,17,19,21-22,29,32-33H,3-5,9-11H2,1-2H3,(H,27,31)(H,28,34)(H,35,36)/t15-,17+,19?,21?,24+/m0/s1. The zero-order valence-corrected chi connectivity index (χ0v) is 20.9. The van der Waals surface area contributed by atoms with Gasteiger partial charge in [0.1, 0.15) is 11.5 Å². The molecule has 0 bridgehead atoms. The van der Waals surface area contributed by atoms with Crippen molar-refractivity contribution in [3.63, 3.8) is 0 Å². The first-order chi connectivity index (χ1) is 17.8. The quantitative estimate of drug-likeness (QED) is 0.207. The second kappa shape index (κ2) is 13.6. The van der Waals surface area contributed by atoms with Gasteiger partial charge in [-0.25, -0.2) is 13.6 Å². The molecule has 2 amide bonds. The smallest absolute Gasteiger partial charge is 0.377 e. The average molecular weight is 547 g/mol. The Morgan fingerprint density at radius 3 is 2.45 bits per heavy atom. The summed E-state index contributed by atoms with van der Waals surface area (Å²) in [7, 11) is 0. The summed E-state index contributed by atoms with van der Waals surface area (Å²) < 4.78 is 38.9. The zero-order valence-electron chi connectivity index (χ0n) is 20.9. The molecule has 1 aliphatic rings. The molecule has 6 N–H and O–H groups in total. The van der Waals surface area contributed by atoms with E-state index in [4.69, 9.17) is 9.47 Å². The number of anilines is 1. The molecule has 1 aromatic rings. The molecule has 0 aromatic heterocycles. The number of hydrogen-bond donors (Lipinski definition) is 6. The second-order valence-corrected chi connectivity index (χ2v) is 9.04. The monoisotopic (exact) mass is 546 g/mol. The van der Waals surface area contributed by atoms with Gasteiger partial charge < -0.3 is 45.3 Å². The molecule has 0 radical (unpaired) electrons. The summed E-state index contributed by atoms with van der Waals surface area (Å²) in [6.45, 7) is 1.78. The first-order valence-corrected chi connectivity index (χ1v) is 11.8. The van der Waals surface area contributed by atoms with Crippen molar-refractivity contribution in [1.29, 1.82) is 0 Å². The minimum atomic E-state index is -3.17. The normalized spacial score (nSPS) is 23.9. The van der Waals surface area contributed by atoms with Crippen LogP contribution < -0.4 is 15.4 Å². The molecule has 12 nitrogen and oxygen atoms in total. The van der Waals surface area contributed by atoms with Gasteiger partial charge in [0, 0.05) is 31.9 Å². The lowest BCUT2D eigenvalue weighted by Crippen LogP contribution is -2.65. The molecule has 0 saturated carbocycles. The molecule has 212 valence electrons. The highest BCUT2D eigenvalue weighted by Crippen LogP contribution is 2.39. The molecule has 14 heteroatoms. The fourth-order valence-corrected chi connectivity index (χ4v) is 4.01. The van der Waals surface area contributed by atoms with Gasteiger partial charge in [-0.3, -0.25) is 9.59 Å². The van der Waals surface area contributed by atoms with Crippen LogP contribution in [0, 0.1) is 0 Å². The number of carboxylic acid groups (broad SMARTS) is 1. The maximum atomic E-state index is 13.9. The molecule has 0 spiro atoms. The number of carbonyl (C=O) groups excluding carboxylic acids is 3. The third-order valence-electron chi connectivity index (χ3n) is 5.78. The van der Waals surface area contributed by atoms with Crippen LogP contribution in [0.25, 0.3) is 0 Å². The molecule has 1 fully saturated rings. The fourth-order valence-electron chi connectivity index (χ4n) is 4.01. The number of ether oxygens (including phenoxy) is 2. The second-order valence-electron chi connectivity index (χ2n) is 9.04. The van der Waals surface area contributed by atoms with Crippen LogP contribution in [0.2, 0.25) is 0 Å². The lowest BCUT2D eigenvalue weighted by molar-refractivity contribution is -0.268. The topological polar surface area (TPSA) is 192 Å². The summed E-state index contributed by atoms with van der Waals surface area (Å²) >= 11 is 0. The van der Waals surface area contributed by atoms with Gasteiger partial charge in [-0.15, -0.1) is 0 Å². The van der Waals surface area contributed by atoms with Gasteiger partial charge in [0.25, 0.3) is 6.43 Å². The van der Waals surface area contributed by atoms with E-state index in [1.165, 1.54) is 13.0 Å². The SMILES string of the molecule is CC(=O)CCCC(=O)Nc1ccc(O[C@]2(C(=O)O)C[C@@H](O)C(NC(C)=O)C(C[C@H](O)CO)O2)c(C(F)F)c1. The highest BCUT2D eigenvalue weighted by Gasteiger charge is 2.55. The van der Waals surface area contributed by atoms with Gasteiger partial charge in [0.2, 0.25) is 11.8 Å². The van der Waals surface area contributed by atoms with Crippen molar-refractivity contribution < 1.29 is 57.9 Å². The summed E-state index contributed by atoms with van der Waals surface area (Å²) in [5.74, 6) is -6.29. The Bertz CT molecular complexity index is 1020. The number of carbonyl (C=O) groups is 4. The van der Waals surface area contributed by atoms with Crippen molar-refractivity contribution in [3.8, 4) is 5.75 Å². The molecule has 0 aliphatic carbocycles. The fraction of sp³-hybridized carbons (Fsp3) is 0.583. The summed E-state index contributed by atoms with van der Waals surface area (Å²) in [6.07, 6.45) is -8.33. The van der Waals surface area contributed by atoms with E-state index in [0.29, 0.717) is 0 Å². The number of benzene rings is 1. The maximum Gasteiger partial charge on any atom is 0.377 e. The van der Waals surface area contributed by atoms with Crippen molar-refractivity contribution in [2.24, 2.45) is 0 Å². The number of Topliss-reactive ketones (excluding diaryl/α,β-unsaturated/α-hetero) is 1. The van der Waals surface area contributed by atoms with Crippen LogP contribution in [0.5, 0.6) is 5.75 Å². The number of amides is 2. The highest BCUT2D eigenvalue weighted by atomic mass is 19.3. The van der Waals surface area contributed by atoms with E-state index in [-0.39, 0.29) is 30.7 Å². The predicted molar refractivity (Wildman–Crippen MR) is 126 cm³/mol. The van der Waals surface area contributed by atoms with Crippen molar-refractivity contribution in [3.05, 3.63) is 23.8 Å². The number of aliphatic carboxylic acids is 1. The molecule has 2 rings (SSSR count). The van der Waals surface area contributed by atoms with Crippen molar-refractivity contribution in [2.75, 3.05) is 11.9 Å². The van der Waals surface area contributed by atoms with Crippen molar-refractivity contribution in [2.45, 2.75) is 82.5 Å². The Hall–Kier alpha value is -3.20. The lowest BCUT2D eigenvalue weighted by atomic mass is 9.90. The lowest BCUT2D eigenvalue weighted by Gasteiger charge is -2.45. The van der Waals surface area contributed by atoms with Crippen LogP contribution in [0.4, 0.5) is 14.5 Å². The first kappa shape index (κ1) is 31.0. The zero-order chi connectivity index (χ0) is 28.6. The molecule has 1 saturated heterocycles. The Morgan fingerprint density at radius 1 is 1.21 bits per heavy atom. The van der Waals surface area contributed by atoms with E-state index < -0.39 is 85.1 Å². The number of halogens is 2. The Labute approximate surface area is 216 Å². The van der Waals surface area contributed by atoms with Crippen molar-refractivity contribution >= 4 is 29.3 Å². The third kappa shape index (κ3) is 8.41. The molecule has 1 aliphatic heterocycles. The predicted octanol–water partition coefficient (Wildman–Crippen LogP) is 0.880. The van der Waals surface area contributed by atoms with E-state index in [0.717, 1.165) is 19.1 Å². The van der Waals surface area contributed by atoms with Gasteiger partial charge in [-0.1, -0.05) is 0 Å². The van der Waals surface area contributed by atoms with E-state index in [9.17, 15) is 48.4 Å². The number of carboxylic acids is 1. The summed E-state index contributed by atoms with van der Waals surface area (Å²) in [5, 5.41) is 44.5. The van der Waals surface area contributed by atoms with E-state index in [2.05, 4.69) is 10.6 Å². The van der Waals surface area contributed by atoms with Crippen LogP contribution >= 0.6 is 0 Å². The number of nitrogens with one attached hydrogen (secondary N) is 2. The molecule has 1 aromatic carbocycles. The van der Waals surface area contributed by atoms with Gasteiger partial charge in [0.05, 0.1) is 42.9 Å². The maximum absolute atomic E-state index is 13.9. The average Bonchev–Trinajstić information content (AvgIpc) is 2.81. The molecule has 38 heavy (non-hydrogen) atoms. The number of ketones is 1. The van der Waals surface area contributed by atoms with Gasteiger partial charge in [-0.05, 0) is 31.5 Å². The van der Waals surface area contributed by atoms with Crippen LogP contribution in [0.3, 0.4) is 0 Å². The number of aliphatic hydroxyl groups is 3. The molecule has 1 heterocycles. The summed E-state index contributed by atoms with van der Waals surface area (Å²) in [6, 6.07) is 1.90. The van der Waals surface area contributed by atoms with Gasteiger partial charge in [-0.2, -0.15) is 0 Å². The van der Waals surface area contributed by atoms with Crippen LogP contribution in [-0.4, -0.2) is 80.7 Å². The number of aliphatic hydroxyl groups excluding tert-OH is 3. The van der Waals surface area contributed by atoms with E-state index >= 15 is 0 Å². The summed E-state index contributed by atoms with van der Waals surface area (Å²) in [5.41, 5.74) is -0.801. The highest BCUT2D eigenvalue weighted by molar-refractivity contribution is 5.91.